The quantitative estimate of drug-likeness (QED) is 0.855. The summed E-state index contributed by atoms with van der Waals surface area (Å²) in [6, 6.07) is 17.7. The maximum absolute atomic E-state index is 5.93. The first kappa shape index (κ1) is 12.7. The van der Waals surface area contributed by atoms with Gasteiger partial charge in [0.15, 0.2) is 0 Å². The van der Waals surface area contributed by atoms with Crippen LogP contribution in [-0.4, -0.2) is 0 Å². The fourth-order valence-corrected chi connectivity index (χ4v) is 3.01. The summed E-state index contributed by atoms with van der Waals surface area (Å²) in [4.78, 5) is 0. The number of rotatable bonds is 3. The molecule has 0 saturated heterocycles. The molecular weight excluding hydrogens is 254 g/mol. The van der Waals surface area contributed by atoms with Gasteiger partial charge >= 0.3 is 0 Å². The Kier molecular flexibility index (Phi) is 3.58. The van der Waals surface area contributed by atoms with Gasteiger partial charge in [0.05, 0.1) is 0 Å². The zero-order valence-corrected chi connectivity index (χ0v) is 11.8. The molecule has 1 unspecified atom stereocenters. The van der Waals surface area contributed by atoms with E-state index in [4.69, 9.17) is 11.6 Å². The van der Waals surface area contributed by atoms with Gasteiger partial charge in [-0.25, -0.2) is 0 Å². The van der Waals surface area contributed by atoms with Crippen LogP contribution in [0, 0.1) is 0 Å². The standard InChI is InChI=1S/C17H18ClN/c1-12(13-6-9-15(18)10-7-13)19-17-11-8-14-4-2-3-5-16(14)17/h2-7,9-10,12,17,19H,8,11H2,1H3/t12-,17?/m0/s1. The molecule has 98 valence electrons. The Bertz CT molecular complexity index is 562. The lowest BCUT2D eigenvalue weighted by atomic mass is 10.0. The monoisotopic (exact) mass is 271 g/mol. The molecule has 0 spiro atoms. The maximum atomic E-state index is 5.93. The van der Waals surface area contributed by atoms with Crippen molar-refractivity contribution >= 4 is 11.6 Å². The third kappa shape index (κ3) is 2.68. The average Bonchev–Trinajstić information content (AvgIpc) is 2.83. The smallest absolute Gasteiger partial charge is 0.0406 e. The van der Waals surface area contributed by atoms with Crippen molar-refractivity contribution < 1.29 is 0 Å². The highest BCUT2D eigenvalue weighted by molar-refractivity contribution is 6.30. The second kappa shape index (κ2) is 5.36. The third-order valence-corrected chi connectivity index (χ3v) is 4.21. The van der Waals surface area contributed by atoms with Gasteiger partial charge < -0.3 is 5.32 Å². The summed E-state index contributed by atoms with van der Waals surface area (Å²) in [7, 11) is 0. The SMILES string of the molecule is C[C@H](NC1CCc2ccccc21)c1ccc(Cl)cc1. The predicted molar refractivity (Wildman–Crippen MR) is 80.5 cm³/mol. The predicted octanol–water partition coefficient (Wildman–Crippen LogP) is 4.68. The summed E-state index contributed by atoms with van der Waals surface area (Å²) in [6.45, 7) is 2.21. The van der Waals surface area contributed by atoms with Gasteiger partial charge in [-0.3, -0.25) is 0 Å². The maximum Gasteiger partial charge on any atom is 0.0406 e. The molecule has 0 amide bonds. The first-order valence-electron chi connectivity index (χ1n) is 6.83. The first-order chi connectivity index (χ1) is 9.24. The number of benzene rings is 2. The second-order valence-electron chi connectivity index (χ2n) is 5.23. The molecule has 0 fully saturated rings. The highest BCUT2D eigenvalue weighted by atomic mass is 35.5. The fourth-order valence-electron chi connectivity index (χ4n) is 2.88. The van der Waals surface area contributed by atoms with Crippen molar-refractivity contribution in [2.45, 2.75) is 31.8 Å². The van der Waals surface area contributed by atoms with Gasteiger partial charge in [-0.15, -0.1) is 0 Å². The minimum atomic E-state index is 0.341. The number of hydrogen-bond donors (Lipinski definition) is 1. The highest BCUT2D eigenvalue weighted by Gasteiger charge is 2.23. The van der Waals surface area contributed by atoms with E-state index >= 15 is 0 Å². The lowest BCUT2D eigenvalue weighted by molar-refractivity contribution is 0.465. The van der Waals surface area contributed by atoms with Crippen LogP contribution in [-0.2, 0) is 6.42 Å². The molecule has 1 nitrogen and oxygen atoms in total. The van der Waals surface area contributed by atoms with Gasteiger partial charge in [0.2, 0.25) is 0 Å². The molecule has 1 aliphatic carbocycles. The van der Waals surface area contributed by atoms with E-state index in [0.29, 0.717) is 12.1 Å². The van der Waals surface area contributed by atoms with Crippen LogP contribution in [0.3, 0.4) is 0 Å². The van der Waals surface area contributed by atoms with Crippen LogP contribution in [0.2, 0.25) is 5.02 Å². The van der Waals surface area contributed by atoms with Crippen LogP contribution >= 0.6 is 11.6 Å². The van der Waals surface area contributed by atoms with E-state index in [9.17, 15) is 0 Å². The average molecular weight is 272 g/mol. The van der Waals surface area contributed by atoms with E-state index < -0.39 is 0 Å². The lowest BCUT2D eigenvalue weighted by Crippen LogP contribution is -2.22. The summed E-state index contributed by atoms with van der Waals surface area (Å²) in [5.74, 6) is 0. The van der Waals surface area contributed by atoms with Gasteiger partial charge in [0.25, 0.3) is 0 Å². The lowest BCUT2D eigenvalue weighted by Gasteiger charge is -2.21. The van der Waals surface area contributed by atoms with E-state index in [2.05, 4.69) is 48.6 Å². The molecule has 2 heteroatoms. The molecule has 1 aliphatic rings. The molecule has 1 N–H and O–H groups in total. The third-order valence-electron chi connectivity index (χ3n) is 3.95. The summed E-state index contributed by atoms with van der Waals surface area (Å²) in [6.07, 6.45) is 2.37. The van der Waals surface area contributed by atoms with Crippen molar-refractivity contribution in [1.29, 1.82) is 0 Å². The van der Waals surface area contributed by atoms with Gasteiger partial charge in [-0.1, -0.05) is 48.0 Å². The molecule has 0 aliphatic heterocycles. The Morgan fingerprint density at radius 3 is 2.63 bits per heavy atom. The van der Waals surface area contributed by atoms with Gasteiger partial charge in [-0.2, -0.15) is 0 Å². The highest BCUT2D eigenvalue weighted by Crippen LogP contribution is 2.32. The van der Waals surface area contributed by atoms with E-state index in [1.807, 2.05) is 12.1 Å². The van der Waals surface area contributed by atoms with Crippen molar-refractivity contribution in [3.8, 4) is 0 Å². The summed E-state index contributed by atoms with van der Waals surface area (Å²) in [5.41, 5.74) is 4.24. The molecule has 0 radical (unpaired) electrons. The van der Waals surface area contributed by atoms with Crippen molar-refractivity contribution in [3.63, 3.8) is 0 Å². The van der Waals surface area contributed by atoms with E-state index in [1.54, 1.807) is 0 Å². The molecule has 19 heavy (non-hydrogen) atoms. The molecule has 3 rings (SSSR count). The van der Waals surface area contributed by atoms with Crippen molar-refractivity contribution in [2.24, 2.45) is 0 Å². The fraction of sp³-hybridized carbons (Fsp3) is 0.294. The number of aryl methyl sites for hydroxylation is 1. The van der Waals surface area contributed by atoms with Crippen LogP contribution in [0.15, 0.2) is 48.5 Å². The van der Waals surface area contributed by atoms with Gasteiger partial charge in [-0.05, 0) is 48.6 Å². The number of nitrogens with one attached hydrogen (secondary N) is 1. The normalized spacial score (nSPS) is 19.2. The summed E-state index contributed by atoms with van der Waals surface area (Å²) in [5, 5.41) is 4.52. The van der Waals surface area contributed by atoms with Crippen molar-refractivity contribution in [1.82, 2.24) is 5.32 Å². The summed E-state index contributed by atoms with van der Waals surface area (Å²) < 4.78 is 0. The second-order valence-corrected chi connectivity index (χ2v) is 5.67. The van der Waals surface area contributed by atoms with E-state index in [0.717, 1.165) is 5.02 Å². The molecular formula is C17H18ClN. The number of fused-ring (bicyclic) bond motifs is 1. The van der Waals surface area contributed by atoms with E-state index in [1.165, 1.54) is 29.5 Å². The zero-order chi connectivity index (χ0) is 13.2. The van der Waals surface area contributed by atoms with Gasteiger partial charge in [0, 0.05) is 17.1 Å². The molecule has 0 heterocycles. The molecule has 2 aromatic rings. The van der Waals surface area contributed by atoms with Crippen LogP contribution in [0.4, 0.5) is 0 Å². The molecule has 0 aromatic heterocycles. The minimum Gasteiger partial charge on any atom is -0.303 e. The van der Waals surface area contributed by atoms with E-state index in [-0.39, 0.29) is 0 Å². The Morgan fingerprint density at radius 2 is 1.84 bits per heavy atom. The molecule has 0 saturated carbocycles. The summed E-state index contributed by atoms with van der Waals surface area (Å²) >= 11 is 5.93. The minimum absolute atomic E-state index is 0.341. The largest absolute Gasteiger partial charge is 0.303 e. The van der Waals surface area contributed by atoms with Crippen LogP contribution in [0.25, 0.3) is 0 Å². The number of hydrogen-bond acceptors (Lipinski definition) is 1. The van der Waals surface area contributed by atoms with Crippen LogP contribution in [0.1, 0.15) is 42.1 Å². The Morgan fingerprint density at radius 1 is 1.11 bits per heavy atom. The number of halogens is 1. The Balaban J connectivity index is 1.74. The van der Waals surface area contributed by atoms with Crippen molar-refractivity contribution in [2.75, 3.05) is 0 Å². The van der Waals surface area contributed by atoms with Crippen LogP contribution < -0.4 is 5.32 Å². The molecule has 0 bridgehead atoms. The Hall–Kier alpha value is -1.31. The topological polar surface area (TPSA) is 12.0 Å². The molecule has 2 aromatic carbocycles. The Labute approximate surface area is 119 Å². The van der Waals surface area contributed by atoms with Crippen molar-refractivity contribution in [3.05, 3.63) is 70.2 Å². The zero-order valence-electron chi connectivity index (χ0n) is 11.1. The molecule has 2 atom stereocenters. The van der Waals surface area contributed by atoms with Crippen LogP contribution in [0.5, 0.6) is 0 Å². The van der Waals surface area contributed by atoms with Gasteiger partial charge in [0.1, 0.15) is 0 Å². The first-order valence-corrected chi connectivity index (χ1v) is 7.21.